The Kier molecular flexibility index (Phi) is 2.25. The highest BCUT2D eigenvalue weighted by molar-refractivity contribution is 6.34. The summed E-state index contributed by atoms with van der Waals surface area (Å²) in [6, 6.07) is 6.46. The average molecular weight is 208 g/mol. The Balaban J connectivity index is 2.75. The fourth-order valence-corrected chi connectivity index (χ4v) is 1.51. The Bertz CT molecular complexity index is 485. The minimum Gasteiger partial charge on any atom is -0.496 e. The molecule has 4 heteroatoms. The maximum absolute atomic E-state index is 5.97. The van der Waals surface area contributed by atoms with Crippen LogP contribution >= 0.6 is 11.6 Å². The lowest BCUT2D eigenvalue weighted by Gasteiger charge is -2.03. The zero-order chi connectivity index (χ0) is 10.1. The van der Waals surface area contributed by atoms with Crippen LogP contribution in [0.2, 0.25) is 5.15 Å². The average Bonchev–Trinajstić information content (AvgIpc) is 2.17. The van der Waals surface area contributed by atoms with E-state index in [0.717, 1.165) is 10.9 Å². The molecule has 0 aliphatic rings. The highest BCUT2D eigenvalue weighted by Crippen LogP contribution is 2.24. The van der Waals surface area contributed by atoms with E-state index in [-0.39, 0.29) is 0 Å². The third-order valence-electron chi connectivity index (χ3n) is 1.89. The number of hydrogen-bond donors (Lipinski definition) is 0. The summed E-state index contributed by atoms with van der Waals surface area (Å²) in [5, 5.41) is 1.23. The molecule has 0 bridgehead atoms. The second kappa shape index (κ2) is 3.42. The number of ether oxygens (including phenoxy) is 1. The van der Waals surface area contributed by atoms with E-state index in [1.54, 1.807) is 26.2 Å². The molecule has 0 atom stereocenters. The first-order valence-electron chi connectivity index (χ1n) is 4.10. The molecule has 0 spiro atoms. The molecule has 0 fully saturated rings. The van der Waals surface area contributed by atoms with Gasteiger partial charge in [0.25, 0.3) is 0 Å². The van der Waals surface area contributed by atoms with Gasteiger partial charge in [0.05, 0.1) is 12.6 Å². The van der Waals surface area contributed by atoms with Gasteiger partial charge in [-0.15, -0.1) is 0 Å². The van der Waals surface area contributed by atoms with Crippen LogP contribution in [0.3, 0.4) is 0 Å². The summed E-state index contributed by atoms with van der Waals surface area (Å²) in [7, 11) is 1.58. The molecular formula is C10H8ClN2O. The van der Waals surface area contributed by atoms with Gasteiger partial charge >= 0.3 is 0 Å². The molecule has 1 heterocycles. The van der Waals surface area contributed by atoms with Crippen molar-refractivity contribution in [2.45, 2.75) is 6.92 Å². The van der Waals surface area contributed by atoms with Gasteiger partial charge in [0.2, 0.25) is 0 Å². The number of fused-ring (bicyclic) bond motifs is 1. The number of methoxy groups -OCH3 is 1. The molecule has 14 heavy (non-hydrogen) atoms. The molecule has 0 aliphatic carbocycles. The Hall–Kier alpha value is -1.35. The molecule has 2 rings (SSSR count). The van der Waals surface area contributed by atoms with Crippen LogP contribution in [0.1, 0.15) is 5.82 Å². The van der Waals surface area contributed by atoms with E-state index in [4.69, 9.17) is 16.3 Å². The summed E-state index contributed by atoms with van der Waals surface area (Å²) in [4.78, 5) is 8.29. The van der Waals surface area contributed by atoms with Gasteiger partial charge in [0.15, 0.2) is 0 Å². The summed E-state index contributed by atoms with van der Waals surface area (Å²) >= 11 is 5.97. The number of benzene rings is 1. The molecule has 3 nitrogen and oxygen atoms in total. The largest absolute Gasteiger partial charge is 0.496 e. The van der Waals surface area contributed by atoms with Gasteiger partial charge < -0.3 is 4.74 Å². The zero-order valence-electron chi connectivity index (χ0n) is 7.84. The van der Waals surface area contributed by atoms with Crippen molar-refractivity contribution in [2.24, 2.45) is 0 Å². The number of halogens is 1. The van der Waals surface area contributed by atoms with Gasteiger partial charge in [-0.05, 0) is 19.1 Å². The van der Waals surface area contributed by atoms with Crippen LogP contribution in [0.25, 0.3) is 10.9 Å². The highest BCUT2D eigenvalue weighted by atomic mass is 35.5. The second-order valence-electron chi connectivity index (χ2n) is 2.86. The number of rotatable bonds is 1. The molecule has 2 aromatic rings. The van der Waals surface area contributed by atoms with Gasteiger partial charge in [-0.3, -0.25) is 0 Å². The van der Waals surface area contributed by atoms with Crippen molar-refractivity contribution in [2.75, 3.05) is 7.11 Å². The summed E-state index contributed by atoms with van der Waals surface area (Å²) in [5.74, 6) is 1.29. The number of hydrogen-bond acceptors (Lipinski definition) is 3. The molecular weight excluding hydrogens is 200 g/mol. The Morgan fingerprint density at radius 1 is 1.43 bits per heavy atom. The monoisotopic (exact) mass is 207 g/mol. The smallest absolute Gasteiger partial charge is 0.140 e. The minimum absolute atomic E-state index is 0.444. The molecule has 1 aromatic heterocycles. The lowest BCUT2D eigenvalue weighted by atomic mass is 10.2. The van der Waals surface area contributed by atoms with Crippen LogP contribution in [0.4, 0.5) is 0 Å². The fourth-order valence-electron chi connectivity index (χ4n) is 1.24. The summed E-state index contributed by atoms with van der Waals surface area (Å²) in [6.45, 7) is 1.80. The van der Waals surface area contributed by atoms with Crippen molar-refractivity contribution < 1.29 is 4.74 Å². The molecule has 1 aromatic carbocycles. The standard InChI is InChI=1S/C10H8ClN2O/c1-6-12-9-4-3-7(14-2)5-8(9)10(11)13-6/h4-5H,1-2H3. The van der Waals surface area contributed by atoms with Crippen molar-refractivity contribution in [3.05, 3.63) is 29.2 Å². The van der Waals surface area contributed by atoms with Crippen molar-refractivity contribution in [1.82, 2.24) is 9.97 Å². The first-order chi connectivity index (χ1) is 6.70. The molecule has 1 radical (unpaired) electrons. The van der Waals surface area contributed by atoms with Crippen LogP contribution < -0.4 is 4.74 Å². The van der Waals surface area contributed by atoms with Crippen LogP contribution in [0.15, 0.2) is 12.1 Å². The fraction of sp³-hybridized carbons (Fsp3) is 0.200. The van der Waals surface area contributed by atoms with Gasteiger partial charge in [-0.2, -0.15) is 0 Å². The van der Waals surface area contributed by atoms with Crippen molar-refractivity contribution in [3.63, 3.8) is 0 Å². The van der Waals surface area contributed by atoms with Gasteiger partial charge in [0.1, 0.15) is 16.7 Å². The molecule has 0 saturated carbocycles. The quantitative estimate of drug-likeness (QED) is 0.674. The third kappa shape index (κ3) is 1.51. The van der Waals surface area contributed by atoms with Crippen LogP contribution in [0, 0.1) is 13.0 Å². The van der Waals surface area contributed by atoms with Crippen LogP contribution in [-0.2, 0) is 0 Å². The molecule has 0 saturated heterocycles. The molecule has 0 unspecified atom stereocenters. The minimum atomic E-state index is 0.444. The van der Waals surface area contributed by atoms with E-state index in [2.05, 4.69) is 16.0 Å². The lowest BCUT2D eigenvalue weighted by Crippen LogP contribution is -1.91. The maximum Gasteiger partial charge on any atom is 0.140 e. The Labute approximate surface area is 86.7 Å². The third-order valence-corrected chi connectivity index (χ3v) is 2.18. The predicted molar refractivity (Wildman–Crippen MR) is 54.7 cm³/mol. The normalized spacial score (nSPS) is 10.5. The summed E-state index contributed by atoms with van der Waals surface area (Å²) in [5.41, 5.74) is 0.781. The van der Waals surface area contributed by atoms with Crippen molar-refractivity contribution >= 4 is 22.5 Å². The summed E-state index contributed by atoms with van der Waals surface area (Å²) in [6.07, 6.45) is 0. The van der Waals surface area contributed by atoms with Gasteiger partial charge in [-0.1, -0.05) is 11.6 Å². The van der Waals surface area contributed by atoms with Crippen LogP contribution in [0.5, 0.6) is 5.75 Å². The molecule has 71 valence electrons. The second-order valence-corrected chi connectivity index (χ2v) is 3.22. The topological polar surface area (TPSA) is 35.0 Å². The Morgan fingerprint density at radius 3 is 2.93 bits per heavy atom. The summed E-state index contributed by atoms with van der Waals surface area (Å²) < 4.78 is 5.04. The first kappa shape index (κ1) is 9.21. The highest BCUT2D eigenvalue weighted by Gasteiger charge is 2.04. The maximum atomic E-state index is 5.97. The Morgan fingerprint density at radius 2 is 2.21 bits per heavy atom. The van der Waals surface area contributed by atoms with Gasteiger partial charge in [-0.25, -0.2) is 9.97 Å². The molecule has 0 amide bonds. The van der Waals surface area contributed by atoms with E-state index >= 15 is 0 Å². The van der Waals surface area contributed by atoms with Gasteiger partial charge in [0, 0.05) is 11.5 Å². The van der Waals surface area contributed by atoms with Crippen molar-refractivity contribution in [3.8, 4) is 5.75 Å². The first-order valence-corrected chi connectivity index (χ1v) is 4.48. The predicted octanol–water partition coefficient (Wildman–Crippen LogP) is 2.40. The van der Waals surface area contributed by atoms with E-state index in [9.17, 15) is 0 Å². The number of aryl methyl sites for hydroxylation is 1. The molecule has 0 aliphatic heterocycles. The van der Waals surface area contributed by atoms with E-state index in [1.807, 2.05) is 0 Å². The lowest BCUT2D eigenvalue weighted by molar-refractivity contribution is 0.414. The zero-order valence-corrected chi connectivity index (χ0v) is 8.59. The van der Waals surface area contributed by atoms with E-state index < -0.39 is 0 Å². The molecule has 0 N–H and O–H groups in total. The van der Waals surface area contributed by atoms with Crippen molar-refractivity contribution in [1.29, 1.82) is 0 Å². The number of nitrogens with zero attached hydrogens (tertiary/aromatic N) is 2. The van der Waals surface area contributed by atoms with E-state index in [1.165, 1.54) is 0 Å². The van der Waals surface area contributed by atoms with Crippen LogP contribution in [-0.4, -0.2) is 17.1 Å². The number of aromatic nitrogens is 2. The SMILES string of the molecule is COc1[c]cc2nc(C)nc(Cl)c2c1. The van der Waals surface area contributed by atoms with E-state index in [0.29, 0.717) is 16.7 Å².